The Balaban J connectivity index is 2.15. The molecule has 0 bridgehead atoms. The number of hydrogen-bond acceptors (Lipinski definition) is 6. The van der Waals surface area contributed by atoms with Gasteiger partial charge in [0.15, 0.2) is 17.3 Å². The van der Waals surface area contributed by atoms with Crippen LogP contribution >= 0.6 is 0 Å². The van der Waals surface area contributed by atoms with Gasteiger partial charge in [0, 0.05) is 11.6 Å². The Kier molecular flexibility index (Phi) is 4.24. The molecule has 1 N–H and O–H groups in total. The summed E-state index contributed by atoms with van der Waals surface area (Å²) >= 11 is 0. The Bertz CT molecular complexity index is 861. The molecule has 24 heavy (non-hydrogen) atoms. The van der Waals surface area contributed by atoms with Gasteiger partial charge < -0.3 is 19.3 Å². The third-order valence-electron chi connectivity index (χ3n) is 3.63. The third kappa shape index (κ3) is 2.71. The molecule has 0 fully saturated rings. The zero-order chi connectivity index (χ0) is 17.1. The summed E-state index contributed by atoms with van der Waals surface area (Å²) in [4.78, 5) is 0. The van der Waals surface area contributed by atoms with E-state index in [-0.39, 0.29) is 5.75 Å². The first-order valence-electron chi connectivity index (χ1n) is 7.17. The molecule has 0 aliphatic rings. The van der Waals surface area contributed by atoms with Crippen LogP contribution in [0.3, 0.4) is 0 Å². The summed E-state index contributed by atoms with van der Waals surface area (Å²) in [6.45, 7) is 0. The molecule has 7 nitrogen and oxygen atoms in total. The van der Waals surface area contributed by atoms with Crippen molar-refractivity contribution in [1.82, 2.24) is 14.8 Å². The quantitative estimate of drug-likeness (QED) is 0.776. The van der Waals surface area contributed by atoms with E-state index in [2.05, 4.69) is 10.2 Å². The fourth-order valence-corrected chi connectivity index (χ4v) is 2.41. The summed E-state index contributed by atoms with van der Waals surface area (Å²) < 4.78 is 17.7. The number of ether oxygens (including phenoxy) is 3. The fourth-order valence-electron chi connectivity index (χ4n) is 2.41. The summed E-state index contributed by atoms with van der Waals surface area (Å²) in [6, 6.07) is 10.5. The number of benzene rings is 2. The lowest BCUT2D eigenvalue weighted by Gasteiger charge is -2.13. The largest absolute Gasteiger partial charge is 0.504 e. The van der Waals surface area contributed by atoms with Crippen molar-refractivity contribution in [3.8, 4) is 40.1 Å². The summed E-state index contributed by atoms with van der Waals surface area (Å²) in [6.07, 6.45) is 1.59. The van der Waals surface area contributed by atoms with E-state index in [4.69, 9.17) is 14.2 Å². The second-order valence-corrected chi connectivity index (χ2v) is 4.95. The number of rotatable bonds is 5. The van der Waals surface area contributed by atoms with Crippen LogP contribution in [-0.2, 0) is 0 Å². The Morgan fingerprint density at radius 1 is 0.917 bits per heavy atom. The van der Waals surface area contributed by atoms with Crippen molar-refractivity contribution in [3.05, 3.63) is 42.7 Å². The van der Waals surface area contributed by atoms with Gasteiger partial charge in [-0.2, -0.15) is 0 Å². The monoisotopic (exact) mass is 327 g/mol. The minimum atomic E-state index is 0.0614. The predicted octanol–water partition coefficient (Wildman–Crippen LogP) is 2.67. The number of methoxy groups -OCH3 is 3. The molecule has 0 saturated heterocycles. The van der Waals surface area contributed by atoms with E-state index in [1.807, 2.05) is 18.2 Å². The molecule has 7 heteroatoms. The van der Waals surface area contributed by atoms with Gasteiger partial charge in [0.1, 0.15) is 17.8 Å². The van der Waals surface area contributed by atoms with Crippen LogP contribution in [0, 0.1) is 0 Å². The number of nitrogens with zero attached hydrogens (tertiary/aromatic N) is 3. The second-order valence-electron chi connectivity index (χ2n) is 4.95. The lowest BCUT2D eigenvalue weighted by atomic mass is 10.1. The van der Waals surface area contributed by atoms with Crippen LogP contribution < -0.4 is 14.2 Å². The van der Waals surface area contributed by atoms with Gasteiger partial charge in [-0.25, -0.2) is 0 Å². The Labute approximate surface area is 139 Å². The maximum atomic E-state index is 9.76. The Hall–Kier alpha value is -3.22. The van der Waals surface area contributed by atoms with Gasteiger partial charge >= 0.3 is 0 Å². The van der Waals surface area contributed by atoms with Gasteiger partial charge in [-0.15, -0.1) is 10.2 Å². The van der Waals surface area contributed by atoms with Crippen molar-refractivity contribution in [2.75, 3.05) is 21.3 Å². The molecule has 1 heterocycles. The summed E-state index contributed by atoms with van der Waals surface area (Å²) in [5, 5.41) is 17.9. The molecular weight excluding hydrogens is 310 g/mol. The van der Waals surface area contributed by atoms with E-state index in [1.165, 1.54) is 7.11 Å². The van der Waals surface area contributed by atoms with Crippen LogP contribution in [0.2, 0.25) is 0 Å². The number of hydrogen-bond donors (Lipinski definition) is 1. The van der Waals surface area contributed by atoms with Crippen molar-refractivity contribution in [2.24, 2.45) is 0 Å². The molecule has 0 amide bonds. The fraction of sp³-hybridized carbons (Fsp3) is 0.176. The highest BCUT2D eigenvalue weighted by Gasteiger charge is 2.15. The van der Waals surface area contributed by atoms with Crippen molar-refractivity contribution in [3.63, 3.8) is 0 Å². The third-order valence-corrected chi connectivity index (χ3v) is 3.63. The van der Waals surface area contributed by atoms with Gasteiger partial charge in [-0.1, -0.05) is 0 Å². The molecule has 0 unspecified atom stereocenters. The van der Waals surface area contributed by atoms with E-state index in [0.717, 1.165) is 11.3 Å². The molecule has 0 atom stereocenters. The highest BCUT2D eigenvalue weighted by atomic mass is 16.5. The molecule has 3 rings (SSSR count). The summed E-state index contributed by atoms with van der Waals surface area (Å²) in [7, 11) is 4.69. The van der Waals surface area contributed by atoms with Gasteiger partial charge in [-0.05, 0) is 30.3 Å². The maximum absolute atomic E-state index is 9.76. The molecule has 2 aromatic carbocycles. The topological polar surface area (TPSA) is 78.6 Å². The summed E-state index contributed by atoms with van der Waals surface area (Å²) in [5.74, 6) is 2.35. The van der Waals surface area contributed by atoms with Crippen molar-refractivity contribution in [2.45, 2.75) is 0 Å². The molecule has 124 valence electrons. The predicted molar refractivity (Wildman–Crippen MR) is 88.1 cm³/mol. The number of aromatic hydroxyl groups is 1. The molecule has 0 radical (unpaired) electrons. The van der Waals surface area contributed by atoms with Crippen LogP contribution in [0.4, 0.5) is 0 Å². The van der Waals surface area contributed by atoms with Crippen LogP contribution in [0.15, 0.2) is 42.7 Å². The first-order valence-corrected chi connectivity index (χ1v) is 7.17. The molecule has 0 saturated carbocycles. The van der Waals surface area contributed by atoms with Crippen molar-refractivity contribution >= 4 is 0 Å². The minimum Gasteiger partial charge on any atom is -0.504 e. The smallest absolute Gasteiger partial charge is 0.168 e. The highest BCUT2D eigenvalue weighted by Crippen LogP contribution is 2.34. The Morgan fingerprint density at radius 2 is 1.71 bits per heavy atom. The van der Waals surface area contributed by atoms with E-state index in [9.17, 15) is 5.11 Å². The van der Waals surface area contributed by atoms with Gasteiger partial charge in [0.25, 0.3) is 0 Å². The van der Waals surface area contributed by atoms with Gasteiger partial charge in [-0.3, -0.25) is 4.57 Å². The zero-order valence-electron chi connectivity index (χ0n) is 13.6. The average Bonchev–Trinajstić information content (AvgIpc) is 3.11. The van der Waals surface area contributed by atoms with E-state index >= 15 is 0 Å². The van der Waals surface area contributed by atoms with Crippen molar-refractivity contribution < 1.29 is 19.3 Å². The van der Waals surface area contributed by atoms with E-state index in [1.54, 1.807) is 43.3 Å². The lowest BCUT2D eigenvalue weighted by Crippen LogP contribution is -2.00. The number of phenols is 1. The molecular formula is C17H17N3O4. The standard InChI is InChI=1S/C17H17N3O4/c1-22-12-5-7-15(23-2)13(9-12)20-10-18-19-17(20)11-4-6-14(21)16(8-11)24-3/h4-10,21H,1-3H3. The molecule has 0 aliphatic heterocycles. The normalized spacial score (nSPS) is 10.5. The van der Waals surface area contributed by atoms with Crippen LogP contribution in [0.5, 0.6) is 23.0 Å². The second kappa shape index (κ2) is 6.49. The lowest BCUT2D eigenvalue weighted by molar-refractivity contribution is 0.373. The highest BCUT2D eigenvalue weighted by molar-refractivity contribution is 5.64. The number of aromatic nitrogens is 3. The minimum absolute atomic E-state index is 0.0614. The zero-order valence-corrected chi connectivity index (χ0v) is 13.6. The van der Waals surface area contributed by atoms with Gasteiger partial charge in [0.05, 0.1) is 27.0 Å². The summed E-state index contributed by atoms with van der Waals surface area (Å²) in [5.41, 5.74) is 1.48. The van der Waals surface area contributed by atoms with Crippen molar-refractivity contribution in [1.29, 1.82) is 0 Å². The first-order chi connectivity index (χ1) is 11.7. The maximum Gasteiger partial charge on any atom is 0.168 e. The molecule has 0 spiro atoms. The van der Waals surface area contributed by atoms with E-state index < -0.39 is 0 Å². The van der Waals surface area contributed by atoms with Crippen LogP contribution in [0.25, 0.3) is 17.1 Å². The first kappa shape index (κ1) is 15.7. The van der Waals surface area contributed by atoms with Gasteiger partial charge in [0.2, 0.25) is 0 Å². The van der Waals surface area contributed by atoms with Crippen LogP contribution in [0.1, 0.15) is 0 Å². The average molecular weight is 327 g/mol. The SMILES string of the molecule is COc1ccc(OC)c(-n2cnnc2-c2ccc(O)c(OC)c2)c1. The number of phenolic OH excluding ortho intramolecular Hbond substituents is 1. The molecule has 0 aliphatic carbocycles. The molecule has 1 aromatic heterocycles. The Morgan fingerprint density at radius 3 is 2.42 bits per heavy atom. The van der Waals surface area contributed by atoms with E-state index in [0.29, 0.717) is 23.1 Å². The van der Waals surface area contributed by atoms with Crippen LogP contribution in [-0.4, -0.2) is 41.2 Å². The molecule has 3 aromatic rings.